The van der Waals surface area contributed by atoms with E-state index < -0.39 is 23.8 Å². The monoisotopic (exact) mass is 293 g/mol. The molecule has 1 fully saturated rings. The van der Waals surface area contributed by atoms with Crippen molar-refractivity contribution in [3.63, 3.8) is 0 Å². The number of nitrogens with one attached hydrogen (secondary N) is 1. The van der Waals surface area contributed by atoms with Crippen molar-refractivity contribution in [2.45, 2.75) is 38.6 Å². The fourth-order valence-electron chi connectivity index (χ4n) is 2.96. The number of carbonyl (C=O) groups is 2. The lowest BCUT2D eigenvalue weighted by Gasteiger charge is -2.28. The molecule has 114 valence electrons. The quantitative estimate of drug-likeness (QED) is 0.897. The minimum atomic E-state index is -0.923. The Balaban J connectivity index is 2.06. The molecule has 0 aromatic heterocycles. The van der Waals surface area contributed by atoms with Crippen LogP contribution in [0.3, 0.4) is 0 Å². The molecule has 21 heavy (non-hydrogen) atoms. The van der Waals surface area contributed by atoms with Gasteiger partial charge in [-0.15, -0.1) is 0 Å². The molecule has 0 saturated heterocycles. The Morgan fingerprint density at radius 3 is 2.48 bits per heavy atom. The fourth-order valence-corrected chi connectivity index (χ4v) is 2.96. The van der Waals surface area contributed by atoms with Crippen molar-refractivity contribution < 1.29 is 19.1 Å². The number of hydrogen-bond acceptors (Lipinski definition) is 2. The molecule has 2 rings (SSSR count). The third kappa shape index (κ3) is 3.60. The van der Waals surface area contributed by atoms with E-state index in [1.807, 2.05) is 0 Å². The summed E-state index contributed by atoms with van der Waals surface area (Å²) in [7, 11) is 0. The highest BCUT2D eigenvalue weighted by molar-refractivity contribution is 5.85. The van der Waals surface area contributed by atoms with Crippen molar-refractivity contribution in [2.75, 3.05) is 0 Å². The van der Waals surface area contributed by atoms with Gasteiger partial charge in [0, 0.05) is 5.56 Å². The number of hydrogen-bond donors (Lipinski definition) is 2. The number of halogens is 1. The van der Waals surface area contributed by atoms with Gasteiger partial charge in [0.15, 0.2) is 0 Å². The van der Waals surface area contributed by atoms with E-state index >= 15 is 0 Å². The Labute approximate surface area is 123 Å². The Bertz CT molecular complexity index is 532. The van der Waals surface area contributed by atoms with Crippen LogP contribution in [0, 0.1) is 17.7 Å². The summed E-state index contributed by atoms with van der Waals surface area (Å²) in [5, 5.41) is 12.0. The van der Waals surface area contributed by atoms with Gasteiger partial charge in [0.25, 0.3) is 0 Å². The lowest BCUT2D eigenvalue weighted by molar-refractivity contribution is -0.149. The van der Waals surface area contributed by atoms with E-state index in [0.29, 0.717) is 18.4 Å². The molecule has 3 unspecified atom stereocenters. The summed E-state index contributed by atoms with van der Waals surface area (Å²) < 4.78 is 13.7. The molecule has 2 N–H and O–H groups in total. The molecule has 1 aliphatic carbocycles. The second-order valence-electron chi connectivity index (χ2n) is 5.59. The Hall–Kier alpha value is -1.91. The summed E-state index contributed by atoms with van der Waals surface area (Å²) in [5.41, 5.74) is 0.411. The summed E-state index contributed by atoms with van der Waals surface area (Å²) >= 11 is 0. The molecule has 1 aromatic carbocycles. The van der Waals surface area contributed by atoms with Crippen LogP contribution in [0.15, 0.2) is 24.3 Å². The minimum absolute atomic E-state index is 0.294. The second-order valence-corrected chi connectivity index (χ2v) is 5.59. The molecule has 3 atom stereocenters. The largest absolute Gasteiger partial charge is 0.481 e. The summed E-state index contributed by atoms with van der Waals surface area (Å²) in [6, 6.07) is 5.79. The first-order valence-electron chi connectivity index (χ1n) is 7.28. The molecule has 0 bridgehead atoms. The van der Waals surface area contributed by atoms with Gasteiger partial charge in [-0.2, -0.15) is 0 Å². The third-order valence-electron chi connectivity index (χ3n) is 4.15. The highest BCUT2D eigenvalue weighted by atomic mass is 19.1. The van der Waals surface area contributed by atoms with Crippen molar-refractivity contribution in [3.8, 4) is 0 Å². The molecule has 4 nitrogen and oxygen atoms in total. The number of benzene rings is 1. The third-order valence-corrected chi connectivity index (χ3v) is 4.15. The molecular formula is C16H20FNO3. The average molecular weight is 293 g/mol. The number of carbonyl (C=O) groups excluding carboxylic acids is 1. The lowest BCUT2D eigenvalue weighted by atomic mass is 9.78. The standard InChI is InChI=1S/C16H20FNO3/c1-10(11-6-4-5-9-14(11)17)18-15(19)12-7-2-3-8-13(12)16(20)21/h4-6,9-10,12-13H,2-3,7-8H2,1H3,(H,18,19)(H,20,21). The van der Waals surface area contributed by atoms with E-state index in [4.69, 9.17) is 0 Å². The molecule has 1 saturated carbocycles. The number of amides is 1. The fraction of sp³-hybridized carbons (Fsp3) is 0.500. The maximum absolute atomic E-state index is 13.7. The van der Waals surface area contributed by atoms with Crippen molar-refractivity contribution in [1.29, 1.82) is 0 Å². The van der Waals surface area contributed by atoms with Crippen LogP contribution in [0.25, 0.3) is 0 Å². The first kappa shape index (κ1) is 15.5. The van der Waals surface area contributed by atoms with Gasteiger partial charge >= 0.3 is 5.97 Å². The number of carboxylic acid groups (broad SMARTS) is 1. The van der Waals surface area contributed by atoms with Crippen LogP contribution in [0.2, 0.25) is 0 Å². The summed E-state index contributed by atoms with van der Waals surface area (Å²) in [4.78, 5) is 23.6. The van der Waals surface area contributed by atoms with Gasteiger partial charge in [-0.3, -0.25) is 9.59 Å². The molecule has 5 heteroatoms. The van der Waals surface area contributed by atoms with Crippen molar-refractivity contribution in [1.82, 2.24) is 5.32 Å². The van der Waals surface area contributed by atoms with Gasteiger partial charge in [0.05, 0.1) is 17.9 Å². The topological polar surface area (TPSA) is 66.4 Å². The number of aliphatic carboxylic acids is 1. The summed E-state index contributed by atoms with van der Waals surface area (Å²) in [6.45, 7) is 1.70. The highest BCUT2D eigenvalue weighted by Crippen LogP contribution is 2.31. The molecule has 1 amide bonds. The molecular weight excluding hydrogens is 273 g/mol. The van der Waals surface area contributed by atoms with Gasteiger partial charge in [0.2, 0.25) is 5.91 Å². The van der Waals surface area contributed by atoms with E-state index in [0.717, 1.165) is 12.8 Å². The van der Waals surface area contributed by atoms with Gasteiger partial charge in [0.1, 0.15) is 5.82 Å². The van der Waals surface area contributed by atoms with E-state index in [1.165, 1.54) is 6.07 Å². The molecule has 0 spiro atoms. The zero-order valence-corrected chi connectivity index (χ0v) is 12.0. The molecule has 0 aliphatic heterocycles. The SMILES string of the molecule is CC(NC(=O)C1CCCCC1C(=O)O)c1ccccc1F. The zero-order chi connectivity index (χ0) is 15.4. The van der Waals surface area contributed by atoms with E-state index in [1.54, 1.807) is 25.1 Å². The smallest absolute Gasteiger partial charge is 0.307 e. The first-order valence-corrected chi connectivity index (χ1v) is 7.28. The van der Waals surface area contributed by atoms with Crippen LogP contribution in [-0.2, 0) is 9.59 Å². The normalized spacial score (nSPS) is 23.3. The van der Waals surface area contributed by atoms with Gasteiger partial charge in [-0.25, -0.2) is 4.39 Å². The first-order chi connectivity index (χ1) is 10.0. The predicted molar refractivity (Wildman–Crippen MR) is 76.0 cm³/mol. The van der Waals surface area contributed by atoms with E-state index in [2.05, 4.69) is 5.32 Å². The number of carboxylic acids is 1. The predicted octanol–water partition coefficient (Wildman–Crippen LogP) is 2.89. The van der Waals surface area contributed by atoms with Crippen LogP contribution < -0.4 is 5.32 Å². The van der Waals surface area contributed by atoms with E-state index in [-0.39, 0.29) is 11.7 Å². The van der Waals surface area contributed by atoms with Crippen molar-refractivity contribution >= 4 is 11.9 Å². The average Bonchev–Trinajstić information content (AvgIpc) is 2.47. The highest BCUT2D eigenvalue weighted by Gasteiger charge is 2.36. The summed E-state index contributed by atoms with van der Waals surface area (Å²) in [5.74, 6) is -2.74. The maximum atomic E-state index is 13.7. The Morgan fingerprint density at radius 2 is 1.86 bits per heavy atom. The maximum Gasteiger partial charge on any atom is 0.307 e. The van der Waals surface area contributed by atoms with Crippen LogP contribution in [0.1, 0.15) is 44.2 Å². The second kappa shape index (κ2) is 6.70. The van der Waals surface area contributed by atoms with Gasteiger partial charge < -0.3 is 10.4 Å². The lowest BCUT2D eigenvalue weighted by Crippen LogP contribution is -2.40. The summed E-state index contributed by atoms with van der Waals surface area (Å²) in [6.07, 6.45) is 2.80. The van der Waals surface area contributed by atoms with Crippen LogP contribution in [-0.4, -0.2) is 17.0 Å². The van der Waals surface area contributed by atoms with E-state index in [9.17, 15) is 19.1 Å². The molecule has 1 aliphatic rings. The molecule has 1 aromatic rings. The van der Waals surface area contributed by atoms with Crippen molar-refractivity contribution in [3.05, 3.63) is 35.6 Å². The number of rotatable bonds is 4. The van der Waals surface area contributed by atoms with Crippen LogP contribution >= 0.6 is 0 Å². The Kier molecular flexibility index (Phi) is 4.94. The van der Waals surface area contributed by atoms with Crippen LogP contribution in [0.5, 0.6) is 0 Å². The molecule has 0 radical (unpaired) electrons. The van der Waals surface area contributed by atoms with Crippen molar-refractivity contribution in [2.24, 2.45) is 11.8 Å². The minimum Gasteiger partial charge on any atom is -0.481 e. The Morgan fingerprint density at radius 1 is 1.24 bits per heavy atom. The van der Waals surface area contributed by atoms with Gasteiger partial charge in [-0.05, 0) is 25.8 Å². The van der Waals surface area contributed by atoms with Crippen LogP contribution in [0.4, 0.5) is 4.39 Å². The zero-order valence-electron chi connectivity index (χ0n) is 12.0. The van der Waals surface area contributed by atoms with Gasteiger partial charge in [-0.1, -0.05) is 31.0 Å². The molecule has 0 heterocycles.